The Balaban J connectivity index is 2.04. The molecular formula is C13H21N3O2. The molecule has 1 fully saturated rings. The lowest BCUT2D eigenvalue weighted by Gasteiger charge is -2.21. The molecule has 0 saturated carbocycles. The van der Waals surface area contributed by atoms with Crippen molar-refractivity contribution in [1.82, 2.24) is 14.5 Å². The molecule has 1 aliphatic rings. The minimum Gasteiger partial charge on any atom is -0.481 e. The Morgan fingerprint density at radius 2 is 2.33 bits per heavy atom. The van der Waals surface area contributed by atoms with Crippen LogP contribution in [-0.4, -0.2) is 38.6 Å². The number of carboxylic acids is 1. The number of imidazole rings is 1. The van der Waals surface area contributed by atoms with Gasteiger partial charge >= 0.3 is 5.97 Å². The Morgan fingerprint density at radius 3 is 2.89 bits per heavy atom. The van der Waals surface area contributed by atoms with Gasteiger partial charge in [0.05, 0.1) is 17.4 Å². The van der Waals surface area contributed by atoms with Crippen molar-refractivity contribution in [1.29, 1.82) is 0 Å². The molecule has 100 valence electrons. The van der Waals surface area contributed by atoms with Gasteiger partial charge in [-0.05, 0) is 33.7 Å². The Morgan fingerprint density at radius 1 is 1.61 bits per heavy atom. The number of aromatic nitrogens is 2. The fourth-order valence-corrected chi connectivity index (χ4v) is 2.51. The molecular weight excluding hydrogens is 230 g/mol. The number of carbonyl (C=O) groups is 1. The quantitative estimate of drug-likeness (QED) is 0.886. The van der Waals surface area contributed by atoms with E-state index < -0.39 is 11.4 Å². The Bertz CT molecular complexity index is 441. The highest BCUT2D eigenvalue weighted by Crippen LogP contribution is 2.31. The first-order valence-corrected chi connectivity index (χ1v) is 6.39. The molecule has 18 heavy (non-hydrogen) atoms. The van der Waals surface area contributed by atoms with E-state index in [0.29, 0.717) is 12.6 Å². The van der Waals surface area contributed by atoms with E-state index >= 15 is 0 Å². The van der Waals surface area contributed by atoms with Gasteiger partial charge in [0.15, 0.2) is 0 Å². The summed E-state index contributed by atoms with van der Waals surface area (Å²) in [6.45, 7) is 8.31. The second kappa shape index (κ2) is 4.72. The summed E-state index contributed by atoms with van der Waals surface area (Å²) >= 11 is 0. The zero-order valence-electron chi connectivity index (χ0n) is 11.3. The lowest BCUT2D eigenvalue weighted by Crippen LogP contribution is -2.31. The van der Waals surface area contributed by atoms with Crippen LogP contribution in [0.3, 0.4) is 0 Å². The summed E-state index contributed by atoms with van der Waals surface area (Å²) in [6, 6.07) is 0.385. The normalized spacial score (nSPS) is 24.9. The molecule has 0 aromatic carbocycles. The van der Waals surface area contributed by atoms with Crippen molar-refractivity contribution in [2.45, 2.75) is 39.8 Å². The molecule has 2 heterocycles. The van der Waals surface area contributed by atoms with Gasteiger partial charge in [-0.15, -0.1) is 0 Å². The predicted molar refractivity (Wildman–Crippen MR) is 68.2 cm³/mol. The number of nitrogens with zero attached hydrogens (tertiary/aromatic N) is 3. The second-order valence-electron chi connectivity index (χ2n) is 5.71. The third-order valence-electron chi connectivity index (χ3n) is 3.76. The summed E-state index contributed by atoms with van der Waals surface area (Å²) in [5.41, 5.74) is 0.558. The van der Waals surface area contributed by atoms with E-state index in [9.17, 15) is 9.90 Å². The molecule has 1 aromatic heterocycles. The van der Waals surface area contributed by atoms with E-state index in [1.54, 1.807) is 0 Å². The summed E-state index contributed by atoms with van der Waals surface area (Å²) in [4.78, 5) is 17.6. The van der Waals surface area contributed by atoms with Gasteiger partial charge in [0.2, 0.25) is 0 Å². The van der Waals surface area contributed by atoms with Gasteiger partial charge in [0.1, 0.15) is 0 Å². The van der Waals surface area contributed by atoms with E-state index in [1.165, 1.54) is 0 Å². The van der Waals surface area contributed by atoms with E-state index in [4.69, 9.17) is 0 Å². The van der Waals surface area contributed by atoms with E-state index in [-0.39, 0.29) is 0 Å². The van der Waals surface area contributed by atoms with Crippen molar-refractivity contribution >= 4 is 5.97 Å². The molecule has 0 spiro atoms. The third-order valence-corrected chi connectivity index (χ3v) is 3.76. The van der Waals surface area contributed by atoms with Gasteiger partial charge in [-0.1, -0.05) is 0 Å². The molecule has 2 rings (SSSR count). The van der Waals surface area contributed by atoms with E-state index in [1.807, 2.05) is 19.4 Å². The number of rotatable bonds is 4. The van der Waals surface area contributed by atoms with Gasteiger partial charge < -0.3 is 9.67 Å². The topological polar surface area (TPSA) is 58.4 Å². The van der Waals surface area contributed by atoms with Crippen molar-refractivity contribution in [2.75, 3.05) is 13.1 Å². The average Bonchev–Trinajstić information content (AvgIpc) is 2.87. The fraction of sp³-hybridized carbons (Fsp3) is 0.692. The summed E-state index contributed by atoms with van der Waals surface area (Å²) in [6.07, 6.45) is 4.43. The smallest absolute Gasteiger partial charge is 0.310 e. The number of carboxylic acid groups (broad SMARTS) is 1. The van der Waals surface area contributed by atoms with Gasteiger partial charge in [-0.2, -0.15) is 0 Å². The zero-order chi connectivity index (χ0) is 13.3. The van der Waals surface area contributed by atoms with Gasteiger partial charge in [0, 0.05) is 25.3 Å². The molecule has 0 aliphatic carbocycles. The van der Waals surface area contributed by atoms with Gasteiger partial charge in [-0.3, -0.25) is 9.69 Å². The fourth-order valence-electron chi connectivity index (χ4n) is 2.51. The van der Waals surface area contributed by atoms with Crippen molar-refractivity contribution in [2.24, 2.45) is 5.41 Å². The summed E-state index contributed by atoms with van der Waals surface area (Å²) in [5.74, 6) is -0.692. The molecule has 1 aliphatic heterocycles. The molecule has 1 atom stereocenters. The predicted octanol–water partition coefficient (Wildman–Crippen LogP) is 1.76. The highest BCUT2D eigenvalue weighted by Gasteiger charge is 2.40. The number of aliphatic carboxylic acids is 1. The third kappa shape index (κ3) is 2.41. The van der Waals surface area contributed by atoms with Crippen LogP contribution in [0.1, 0.15) is 38.9 Å². The Kier molecular flexibility index (Phi) is 3.43. The van der Waals surface area contributed by atoms with Crippen molar-refractivity contribution < 1.29 is 9.90 Å². The molecule has 5 nitrogen and oxygen atoms in total. The SMILES string of the molecule is CC(C)n1cncc1CN1CCC(C)(C(=O)O)C1. The molecule has 1 aromatic rings. The van der Waals surface area contributed by atoms with Gasteiger partial charge in [-0.25, -0.2) is 4.98 Å². The lowest BCUT2D eigenvalue weighted by atomic mass is 9.90. The van der Waals surface area contributed by atoms with Crippen LogP contribution in [-0.2, 0) is 11.3 Å². The monoisotopic (exact) mass is 251 g/mol. The first-order chi connectivity index (χ1) is 8.42. The zero-order valence-corrected chi connectivity index (χ0v) is 11.3. The molecule has 0 bridgehead atoms. The van der Waals surface area contributed by atoms with Crippen LogP contribution in [0.25, 0.3) is 0 Å². The van der Waals surface area contributed by atoms with Crippen LogP contribution in [0.5, 0.6) is 0 Å². The molecule has 1 saturated heterocycles. The summed E-state index contributed by atoms with van der Waals surface area (Å²) in [7, 11) is 0. The minimum absolute atomic E-state index is 0.385. The van der Waals surface area contributed by atoms with E-state index in [0.717, 1.165) is 25.2 Å². The number of likely N-dealkylation sites (tertiary alicyclic amines) is 1. The van der Waals surface area contributed by atoms with Gasteiger partial charge in [0.25, 0.3) is 0 Å². The molecule has 0 amide bonds. The van der Waals surface area contributed by atoms with Crippen molar-refractivity contribution in [3.8, 4) is 0 Å². The molecule has 5 heteroatoms. The first-order valence-electron chi connectivity index (χ1n) is 6.39. The first kappa shape index (κ1) is 13.1. The molecule has 1 unspecified atom stereocenters. The lowest BCUT2D eigenvalue weighted by molar-refractivity contribution is -0.147. The maximum absolute atomic E-state index is 11.2. The highest BCUT2D eigenvalue weighted by atomic mass is 16.4. The maximum atomic E-state index is 11.2. The van der Waals surface area contributed by atoms with Crippen LogP contribution in [0, 0.1) is 5.41 Å². The summed E-state index contributed by atoms with van der Waals surface area (Å²) in [5, 5.41) is 9.21. The number of hydrogen-bond donors (Lipinski definition) is 1. The van der Waals surface area contributed by atoms with Crippen LogP contribution >= 0.6 is 0 Å². The number of hydrogen-bond acceptors (Lipinski definition) is 3. The standard InChI is InChI=1S/C13H21N3O2/c1-10(2)16-9-14-6-11(16)7-15-5-4-13(3,8-15)12(17)18/h6,9-10H,4-5,7-8H2,1-3H3,(H,17,18). The van der Waals surface area contributed by atoms with Crippen molar-refractivity contribution in [3.05, 3.63) is 18.2 Å². The average molecular weight is 251 g/mol. The summed E-state index contributed by atoms with van der Waals surface area (Å²) < 4.78 is 2.14. The maximum Gasteiger partial charge on any atom is 0.310 e. The Hall–Kier alpha value is -1.36. The Labute approximate surface area is 107 Å². The van der Waals surface area contributed by atoms with Crippen LogP contribution < -0.4 is 0 Å². The minimum atomic E-state index is -0.692. The van der Waals surface area contributed by atoms with E-state index in [2.05, 4.69) is 28.3 Å². The molecule has 1 N–H and O–H groups in total. The van der Waals surface area contributed by atoms with Crippen LogP contribution in [0.2, 0.25) is 0 Å². The molecule has 0 radical (unpaired) electrons. The van der Waals surface area contributed by atoms with Crippen molar-refractivity contribution in [3.63, 3.8) is 0 Å². The van der Waals surface area contributed by atoms with Crippen LogP contribution in [0.4, 0.5) is 0 Å². The second-order valence-corrected chi connectivity index (χ2v) is 5.71. The van der Waals surface area contributed by atoms with Crippen LogP contribution in [0.15, 0.2) is 12.5 Å². The highest BCUT2D eigenvalue weighted by molar-refractivity contribution is 5.74. The largest absolute Gasteiger partial charge is 0.481 e.